The lowest BCUT2D eigenvalue weighted by Crippen LogP contribution is -2.19. The first-order valence-electron chi connectivity index (χ1n) is 5.55. The van der Waals surface area contributed by atoms with Crippen molar-refractivity contribution in [2.75, 3.05) is 7.05 Å². The van der Waals surface area contributed by atoms with Gasteiger partial charge < -0.3 is 9.88 Å². The highest BCUT2D eigenvalue weighted by atomic mass is 16.6. The molecule has 0 aliphatic rings. The van der Waals surface area contributed by atoms with E-state index in [0.717, 1.165) is 10.9 Å². The normalized spacial score (nSPS) is 10.5. The average molecular weight is 247 g/mol. The minimum Gasteiger partial charge on any atom is -0.359 e. The molecule has 6 nitrogen and oxygen atoms in total. The predicted octanol–water partition coefficient (Wildman–Crippen LogP) is 1.69. The van der Waals surface area contributed by atoms with Gasteiger partial charge in [0.25, 0.3) is 5.69 Å². The van der Waals surface area contributed by atoms with Gasteiger partial charge in [0.05, 0.1) is 10.4 Å². The predicted molar refractivity (Wildman–Crippen MR) is 67.3 cm³/mol. The lowest BCUT2D eigenvalue weighted by atomic mass is 10.2. The molecule has 2 aromatic rings. The zero-order valence-corrected chi connectivity index (χ0v) is 9.92. The Balaban J connectivity index is 2.30. The summed E-state index contributed by atoms with van der Waals surface area (Å²) in [7, 11) is 1.58. The summed E-state index contributed by atoms with van der Waals surface area (Å²) in [5, 5.41) is 14.2. The number of rotatable bonds is 4. The van der Waals surface area contributed by atoms with Crippen LogP contribution >= 0.6 is 0 Å². The van der Waals surface area contributed by atoms with Gasteiger partial charge in [-0.3, -0.25) is 14.9 Å². The molecule has 0 saturated carbocycles. The second kappa shape index (κ2) is 4.87. The summed E-state index contributed by atoms with van der Waals surface area (Å²) in [5.74, 6) is -0.0534. The first kappa shape index (κ1) is 12.1. The van der Waals surface area contributed by atoms with Crippen LogP contribution in [0.3, 0.4) is 0 Å². The monoisotopic (exact) mass is 247 g/mol. The molecule has 94 valence electrons. The Hall–Kier alpha value is -2.37. The maximum Gasteiger partial charge on any atom is 0.271 e. The number of aryl methyl sites for hydroxylation is 1. The molecular formula is C12H13N3O3. The van der Waals surface area contributed by atoms with Crippen molar-refractivity contribution in [2.45, 2.75) is 13.0 Å². The fraction of sp³-hybridized carbons (Fsp3) is 0.250. The van der Waals surface area contributed by atoms with Gasteiger partial charge in [-0.05, 0) is 12.1 Å². The molecule has 0 spiro atoms. The molecule has 0 saturated heterocycles. The molecule has 2 rings (SSSR count). The van der Waals surface area contributed by atoms with Gasteiger partial charge in [0, 0.05) is 43.7 Å². The molecule has 1 amide bonds. The van der Waals surface area contributed by atoms with Crippen molar-refractivity contribution >= 4 is 22.5 Å². The van der Waals surface area contributed by atoms with E-state index in [1.165, 1.54) is 12.1 Å². The number of hydrogen-bond donors (Lipinski definition) is 1. The van der Waals surface area contributed by atoms with Crippen molar-refractivity contribution in [1.29, 1.82) is 0 Å². The van der Waals surface area contributed by atoms with Gasteiger partial charge in [0.2, 0.25) is 5.91 Å². The van der Waals surface area contributed by atoms with Crippen LogP contribution in [0.25, 0.3) is 10.9 Å². The van der Waals surface area contributed by atoms with Crippen LogP contribution in [0.2, 0.25) is 0 Å². The van der Waals surface area contributed by atoms with E-state index < -0.39 is 4.92 Å². The van der Waals surface area contributed by atoms with E-state index in [0.29, 0.717) is 13.0 Å². The fourth-order valence-corrected chi connectivity index (χ4v) is 1.83. The molecule has 0 fully saturated rings. The van der Waals surface area contributed by atoms with Gasteiger partial charge in [0.15, 0.2) is 0 Å². The Morgan fingerprint density at radius 2 is 2.22 bits per heavy atom. The van der Waals surface area contributed by atoms with E-state index in [2.05, 4.69) is 5.32 Å². The summed E-state index contributed by atoms with van der Waals surface area (Å²) in [6, 6.07) is 6.59. The van der Waals surface area contributed by atoms with Crippen molar-refractivity contribution in [3.63, 3.8) is 0 Å². The second-order valence-electron chi connectivity index (χ2n) is 3.93. The third kappa shape index (κ3) is 2.32. The number of nitro benzene ring substituents is 1. The van der Waals surface area contributed by atoms with Gasteiger partial charge in [-0.15, -0.1) is 0 Å². The molecule has 1 N–H and O–H groups in total. The molecule has 0 radical (unpaired) electrons. The number of nitrogens with one attached hydrogen (secondary N) is 1. The Labute approximate surface area is 103 Å². The maximum atomic E-state index is 11.2. The van der Waals surface area contributed by atoms with Crippen molar-refractivity contribution < 1.29 is 9.72 Å². The fourth-order valence-electron chi connectivity index (χ4n) is 1.83. The van der Waals surface area contributed by atoms with Gasteiger partial charge >= 0.3 is 0 Å². The van der Waals surface area contributed by atoms with E-state index in [4.69, 9.17) is 0 Å². The summed E-state index contributed by atoms with van der Waals surface area (Å²) in [5.41, 5.74) is 0.829. The molecule has 6 heteroatoms. The van der Waals surface area contributed by atoms with Crippen molar-refractivity contribution in [1.82, 2.24) is 9.88 Å². The van der Waals surface area contributed by atoms with Crippen LogP contribution in [-0.4, -0.2) is 22.4 Å². The summed E-state index contributed by atoms with van der Waals surface area (Å²) in [6.45, 7) is 0.504. The molecule has 1 heterocycles. The number of nitro groups is 1. The number of aromatic nitrogens is 1. The second-order valence-corrected chi connectivity index (χ2v) is 3.93. The van der Waals surface area contributed by atoms with Crippen molar-refractivity contribution in [3.8, 4) is 0 Å². The molecule has 0 unspecified atom stereocenters. The van der Waals surface area contributed by atoms with Crippen molar-refractivity contribution in [2.24, 2.45) is 0 Å². The van der Waals surface area contributed by atoms with Gasteiger partial charge in [-0.2, -0.15) is 0 Å². The van der Waals surface area contributed by atoms with Crippen LogP contribution in [0.5, 0.6) is 0 Å². The summed E-state index contributed by atoms with van der Waals surface area (Å²) in [6.07, 6.45) is 2.18. The van der Waals surface area contributed by atoms with E-state index >= 15 is 0 Å². The van der Waals surface area contributed by atoms with Gasteiger partial charge in [0.1, 0.15) is 0 Å². The lowest BCUT2D eigenvalue weighted by Gasteiger charge is -2.04. The lowest BCUT2D eigenvalue weighted by molar-refractivity contribution is -0.384. The van der Waals surface area contributed by atoms with Crippen LogP contribution < -0.4 is 5.32 Å². The molecule has 1 aromatic carbocycles. The largest absolute Gasteiger partial charge is 0.359 e. The number of amides is 1. The quantitative estimate of drug-likeness (QED) is 0.659. The summed E-state index contributed by atoms with van der Waals surface area (Å²) >= 11 is 0. The molecule has 0 aliphatic carbocycles. The average Bonchev–Trinajstić information content (AvgIpc) is 2.78. The third-order valence-corrected chi connectivity index (χ3v) is 2.83. The molecule has 1 aromatic heterocycles. The Bertz CT molecular complexity index is 604. The molecule has 0 bridgehead atoms. The SMILES string of the molecule is CNC(=O)CCn1ccc2ccc([N+](=O)[O-])cc21. The standard InChI is InChI=1S/C12H13N3O3/c1-13-12(16)5-7-14-6-4-9-2-3-10(15(17)18)8-11(9)14/h2-4,6,8H,5,7H2,1H3,(H,13,16). The smallest absolute Gasteiger partial charge is 0.271 e. The van der Waals surface area contributed by atoms with Gasteiger partial charge in [-0.1, -0.05) is 0 Å². The van der Waals surface area contributed by atoms with Crippen LogP contribution in [0.15, 0.2) is 30.5 Å². The molecule has 0 aliphatic heterocycles. The highest BCUT2D eigenvalue weighted by molar-refractivity contribution is 5.82. The van der Waals surface area contributed by atoms with Crippen LogP contribution in [-0.2, 0) is 11.3 Å². The van der Waals surface area contributed by atoms with Gasteiger partial charge in [-0.25, -0.2) is 0 Å². The van der Waals surface area contributed by atoms with Crippen LogP contribution in [0, 0.1) is 10.1 Å². The van der Waals surface area contributed by atoms with Crippen LogP contribution in [0.1, 0.15) is 6.42 Å². The first-order valence-corrected chi connectivity index (χ1v) is 5.55. The number of hydrogen-bond acceptors (Lipinski definition) is 3. The number of carbonyl (C=O) groups excluding carboxylic acids is 1. The topological polar surface area (TPSA) is 77.2 Å². The van der Waals surface area contributed by atoms with E-state index in [9.17, 15) is 14.9 Å². The number of benzene rings is 1. The molecular weight excluding hydrogens is 234 g/mol. The Morgan fingerprint density at radius 1 is 1.44 bits per heavy atom. The van der Waals surface area contributed by atoms with E-state index in [1.807, 2.05) is 16.8 Å². The highest BCUT2D eigenvalue weighted by Gasteiger charge is 2.09. The summed E-state index contributed by atoms with van der Waals surface area (Å²) in [4.78, 5) is 21.5. The van der Waals surface area contributed by atoms with E-state index in [1.54, 1.807) is 13.1 Å². The van der Waals surface area contributed by atoms with Crippen molar-refractivity contribution in [3.05, 3.63) is 40.6 Å². The van der Waals surface area contributed by atoms with E-state index in [-0.39, 0.29) is 11.6 Å². The zero-order chi connectivity index (χ0) is 13.1. The zero-order valence-electron chi connectivity index (χ0n) is 9.92. The highest BCUT2D eigenvalue weighted by Crippen LogP contribution is 2.22. The Kier molecular flexibility index (Phi) is 3.27. The number of carbonyl (C=O) groups is 1. The maximum absolute atomic E-state index is 11.2. The first-order chi connectivity index (χ1) is 8.61. The Morgan fingerprint density at radius 3 is 2.89 bits per heavy atom. The van der Waals surface area contributed by atoms with Crippen LogP contribution in [0.4, 0.5) is 5.69 Å². The number of fused-ring (bicyclic) bond motifs is 1. The molecule has 18 heavy (non-hydrogen) atoms. The number of nitrogens with zero attached hydrogens (tertiary/aromatic N) is 2. The minimum absolute atomic E-state index is 0.0534. The minimum atomic E-state index is -0.421. The third-order valence-electron chi connectivity index (χ3n) is 2.83. The number of non-ortho nitro benzene ring substituents is 1. The molecule has 0 atom stereocenters. The summed E-state index contributed by atoms with van der Waals surface area (Å²) < 4.78 is 1.84.